The second-order valence-electron chi connectivity index (χ2n) is 5.78. The molecular weight excluding hydrogens is 274 g/mol. The molecule has 0 bridgehead atoms. The number of methoxy groups -OCH3 is 1. The molecule has 112 valence electrons. The minimum absolute atomic E-state index is 0.0352. The summed E-state index contributed by atoms with van der Waals surface area (Å²) in [5, 5.41) is 0. The lowest BCUT2D eigenvalue weighted by Crippen LogP contribution is -2.38. The summed E-state index contributed by atoms with van der Waals surface area (Å²) in [4.78, 5) is 0.327. The summed E-state index contributed by atoms with van der Waals surface area (Å²) in [6.07, 6.45) is 4.35. The van der Waals surface area contributed by atoms with Crippen molar-refractivity contribution in [3.8, 4) is 0 Å². The van der Waals surface area contributed by atoms with Crippen molar-refractivity contribution in [2.75, 3.05) is 20.3 Å². The smallest absolute Gasteiger partial charge is 0.240 e. The first kappa shape index (κ1) is 15.5. The number of ether oxygens (including phenoxy) is 1. The van der Waals surface area contributed by atoms with Gasteiger partial charge in [-0.15, -0.1) is 0 Å². The molecule has 0 atom stereocenters. The molecule has 4 nitrogen and oxygen atoms in total. The Bertz CT molecular complexity index is 531. The Balaban J connectivity index is 2.06. The molecule has 1 aliphatic rings. The first-order valence-electron chi connectivity index (χ1n) is 7.03. The van der Waals surface area contributed by atoms with Crippen molar-refractivity contribution in [3.05, 3.63) is 29.8 Å². The number of sulfonamides is 1. The molecule has 1 N–H and O–H groups in total. The van der Waals surface area contributed by atoms with Gasteiger partial charge in [-0.2, -0.15) is 0 Å². The lowest BCUT2D eigenvalue weighted by atomic mass is 9.87. The molecule has 0 saturated heterocycles. The van der Waals surface area contributed by atoms with Crippen LogP contribution >= 0.6 is 0 Å². The van der Waals surface area contributed by atoms with Crippen molar-refractivity contribution < 1.29 is 13.2 Å². The predicted octanol–water partition coefficient (Wildman–Crippen LogP) is 2.48. The molecular formula is C15H23NO3S. The molecule has 20 heavy (non-hydrogen) atoms. The van der Waals surface area contributed by atoms with Gasteiger partial charge in [0.25, 0.3) is 0 Å². The Hall–Kier alpha value is -0.910. The highest BCUT2D eigenvalue weighted by molar-refractivity contribution is 7.89. The van der Waals surface area contributed by atoms with Crippen molar-refractivity contribution in [1.82, 2.24) is 4.72 Å². The zero-order valence-electron chi connectivity index (χ0n) is 12.2. The highest BCUT2D eigenvalue weighted by Gasteiger charge is 2.35. The lowest BCUT2D eigenvalue weighted by Gasteiger charge is -2.28. The maximum Gasteiger partial charge on any atom is 0.240 e. The zero-order valence-corrected chi connectivity index (χ0v) is 13.0. The van der Waals surface area contributed by atoms with Gasteiger partial charge in [0.15, 0.2) is 0 Å². The van der Waals surface area contributed by atoms with Crippen LogP contribution in [0, 0.1) is 12.3 Å². The molecule has 2 rings (SSSR count). The van der Waals surface area contributed by atoms with E-state index in [1.807, 2.05) is 19.1 Å². The molecule has 0 spiro atoms. The zero-order chi connectivity index (χ0) is 14.6. The van der Waals surface area contributed by atoms with Gasteiger partial charge in [0.1, 0.15) is 0 Å². The van der Waals surface area contributed by atoms with E-state index in [0.29, 0.717) is 18.0 Å². The minimum Gasteiger partial charge on any atom is -0.384 e. The van der Waals surface area contributed by atoms with E-state index in [4.69, 9.17) is 4.74 Å². The molecule has 0 heterocycles. The normalized spacial score (nSPS) is 18.3. The fourth-order valence-electron chi connectivity index (χ4n) is 2.85. The van der Waals surface area contributed by atoms with Crippen LogP contribution in [0.2, 0.25) is 0 Å². The summed E-state index contributed by atoms with van der Waals surface area (Å²) >= 11 is 0. The van der Waals surface area contributed by atoms with E-state index in [1.165, 1.54) is 0 Å². The Labute approximate surface area is 121 Å². The number of aryl methyl sites for hydroxylation is 1. The van der Waals surface area contributed by atoms with E-state index in [-0.39, 0.29) is 5.41 Å². The third-order valence-corrected chi connectivity index (χ3v) is 5.50. The van der Waals surface area contributed by atoms with Crippen LogP contribution in [-0.4, -0.2) is 28.7 Å². The highest BCUT2D eigenvalue weighted by atomic mass is 32.2. The van der Waals surface area contributed by atoms with Crippen molar-refractivity contribution in [2.24, 2.45) is 5.41 Å². The van der Waals surface area contributed by atoms with Crippen LogP contribution in [-0.2, 0) is 14.8 Å². The van der Waals surface area contributed by atoms with Gasteiger partial charge < -0.3 is 4.74 Å². The second kappa shape index (κ2) is 6.24. The molecule has 0 aromatic heterocycles. The van der Waals surface area contributed by atoms with Crippen LogP contribution < -0.4 is 4.72 Å². The fraction of sp³-hybridized carbons (Fsp3) is 0.600. The molecule has 1 aliphatic carbocycles. The molecule has 1 fully saturated rings. The quantitative estimate of drug-likeness (QED) is 0.877. The molecule has 0 aliphatic heterocycles. The largest absolute Gasteiger partial charge is 0.384 e. The molecule has 1 aromatic carbocycles. The molecule has 0 unspecified atom stereocenters. The summed E-state index contributed by atoms with van der Waals surface area (Å²) in [5.74, 6) is 0. The van der Waals surface area contributed by atoms with E-state index >= 15 is 0 Å². The number of rotatable bonds is 6. The van der Waals surface area contributed by atoms with E-state index in [9.17, 15) is 8.42 Å². The Morgan fingerprint density at radius 3 is 2.35 bits per heavy atom. The average Bonchev–Trinajstić information content (AvgIpc) is 2.87. The van der Waals surface area contributed by atoms with Crippen LogP contribution in [0.4, 0.5) is 0 Å². The SMILES string of the molecule is COCC1(CNS(=O)(=O)c2ccc(C)cc2)CCCC1. The molecule has 1 saturated carbocycles. The third kappa shape index (κ3) is 3.59. The number of hydrogen-bond acceptors (Lipinski definition) is 3. The van der Waals surface area contributed by atoms with Gasteiger partial charge in [0.05, 0.1) is 11.5 Å². The number of benzene rings is 1. The monoisotopic (exact) mass is 297 g/mol. The van der Waals surface area contributed by atoms with Gasteiger partial charge in [0.2, 0.25) is 10.0 Å². The van der Waals surface area contributed by atoms with Crippen LogP contribution in [0.5, 0.6) is 0 Å². The maximum atomic E-state index is 12.3. The first-order valence-corrected chi connectivity index (χ1v) is 8.51. The van der Waals surface area contributed by atoms with Crippen LogP contribution in [0.25, 0.3) is 0 Å². The van der Waals surface area contributed by atoms with Crippen LogP contribution in [0.3, 0.4) is 0 Å². The van der Waals surface area contributed by atoms with E-state index in [1.54, 1.807) is 19.2 Å². The summed E-state index contributed by atoms with van der Waals surface area (Å²) in [6.45, 7) is 3.01. The Kier molecular flexibility index (Phi) is 4.83. The van der Waals surface area contributed by atoms with Crippen LogP contribution in [0.15, 0.2) is 29.2 Å². The standard InChI is InChI=1S/C15H23NO3S/c1-13-5-7-14(8-6-13)20(17,18)16-11-15(12-19-2)9-3-4-10-15/h5-8,16H,3-4,9-12H2,1-2H3. The minimum atomic E-state index is -3.43. The Morgan fingerprint density at radius 2 is 1.80 bits per heavy atom. The first-order chi connectivity index (χ1) is 9.47. The number of nitrogens with one attached hydrogen (secondary N) is 1. The van der Waals surface area contributed by atoms with Gasteiger partial charge in [-0.25, -0.2) is 13.1 Å². The Morgan fingerprint density at radius 1 is 1.20 bits per heavy atom. The average molecular weight is 297 g/mol. The van der Waals surface area contributed by atoms with Crippen molar-refractivity contribution in [3.63, 3.8) is 0 Å². The topological polar surface area (TPSA) is 55.4 Å². The van der Waals surface area contributed by atoms with E-state index < -0.39 is 10.0 Å². The molecule has 0 amide bonds. The van der Waals surface area contributed by atoms with Crippen molar-refractivity contribution in [2.45, 2.75) is 37.5 Å². The van der Waals surface area contributed by atoms with E-state index in [2.05, 4.69) is 4.72 Å². The fourth-order valence-corrected chi connectivity index (χ4v) is 4.01. The molecule has 5 heteroatoms. The third-order valence-electron chi connectivity index (χ3n) is 4.08. The van der Waals surface area contributed by atoms with Crippen molar-refractivity contribution >= 4 is 10.0 Å². The summed E-state index contributed by atoms with van der Waals surface area (Å²) in [7, 11) is -1.75. The second-order valence-corrected chi connectivity index (χ2v) is 7.54. The molecule has 1 aromatic rings. The van der Waals surface area contributed by atoms with Crippen LogP contribution in [0.1, 0.15) is 31.2 Å². The van der Waals surface area contributed by atoms with Gasteiger partial charge >= 0.3 is 0 Å². The van der Waals surface area contributed by atoms with Gasteiger partial charge in [-0.3, -0.25) is 0 Å². The molecule has 0 radical (unpaired) electrons. The van der Waals surface area contributed by atoms with E-state index in [0.717, 1.165) is 31.2 Å². The van der Waals surface area contributed by atoms with Crippen molar-refractivity contribution in [1.29, 1.82) is 0 Å². The number of hydrogen-bond donors (Lipinski definition) is 1. The van der Waals surface area contributed by atoms with Gasteiger partial charge in [0, 0.05) is 19.1 Å². The summed E-state index contributed by atoms with van der Waals surface area (Å²) in [6, 6.07) is 6.93. The predicted molar refractivity (Wildman–Crippen MR) is 79.1 cm³/mol. The van der Waals surface area contributed by atoms with Gasteiger partial charge in [-0.05, 0) is 31.9 Å². The lowest BCUT2D eigenvalue weighted by molar-refractivity contribution is 0.0867. The summed E-state index contributed by atoms with van der Waals surface area (Å²) in [5.41, 5.74) is 1.02. The maximum absolute atomic E-state index is 12.3. The summed E-state index contributed by atoms with van der Waals surface area (Å²) < 4.78 is 32.6. The highest BCUT2D eigenvalue weighted by Crippen LogP contribution is 2.37. The van der Waals surface area contributed by atoms with Gasteiger partial charge in [-0.1, -0.05) is 30.5 Å².